The zero-order chi connectivity index (χ0) is 16.1. The lowest BCUT2D eigenvalue weighted by molar-refractivity contribution is 0.123. The van der Waals surface area contributed by atoms with Crippen LogP contribution in [0.2, 0.25) is 0 Å². The number of aromatic nitrogens is 2. The van der Waals surface area contributed by atoms with Crippen molar-refractivity contribution in [1.29, 1.82) is 0 Å². The zero-order valence-corrected chi connectivity index (χ0v) is 13.0. The molecule has 3 rings (SSSR count). The fourth-order valence-electron chi connectivity index (χ4n) is 2.07. The molecular weight excluding hydrogens is 315 g/mol. The van der Waals surface area contributed by atoms with E-state index in [2.05, 4.69) is 9.97 Å². The highest BCUT2D eigenvalue weighted by Crippen LogP contribution is 2.25. The highest BCUT2D eigenvalue weighted by molar-refractivity contribution is 7.99. The molecular formula is C17H15FN2O2S. The Morgan fingerprint density at radius 2 is 1.87 bits per heavy atom. The number of nitrogens with zero attached hydrogens (tertiary/aromatic N) is 2. The normalized spacial score (nSPS) is 12.3. The molecule has 1 N–H and O–H groups in total. The monoisotopic (exact) mass is 330 g/mol. The van der Waals surface area contributed by atoms with Gasteiger partial charge in [0.25, 0.3) is 0 Å². The summed E-state index contributed by atoms with van der Waals surface area (Å²) in [5.41, 5.74) is 0.863. The maximum atomic E-state index is 13.4. The smallest absolute Gasteiger partial charge is 0.165 e. The summed E-state index contributed by atoms with van der Waals surface area (Å²) >= 11 is 1.42. The summed E-state index contributed by atoms with van der Waals surface area (Å²) < 4.78 is 18.7. The van der Waals surface area contributed by atoms with E-state index in [4.69, 9.17) is 4.74 Å². The number of hydrogen-bond donors (Lipinski definition) is 1. The van der Waals surface area contributed by atoms with E-state index in [1.807, 2.05) is 24.3 Å². The summed E-state index contributed by atoms with van der Waals surface area (Å²) in [5.74, 6) is 0.105. The van der Waals surface area contributed by atoms with Crippen molar-refractivity contribution in [3.8, 4) is 5.75 Å². The van der Waals surface area contributed by atoms with E-state index in [0.717, 1.165) is 15.9 Å². The van der Waals surface area contributed by atoms with Gasteiger partial charge in [-0.05, 0) is 18.2 Å². The first-order valence-corrected chi connectivity index (χ1v) is 8.10. The predicted molar refractivity (Wildman–Crippen MR) is 88.2 cm³/mol. The predicted octanol–water partition coefficient (Wildman–Crippen LogP) is 3.30. The molecule has 23 heavy (non-hydrogen) atoms. The molecule has 0 aliphatic heterocycles. The lowest BCUT2D eigenvalue weighted by Gasteiger charge is -2.12. The van der Waals surface area contributed by atoms with Crippen molar-refractivity contribution >= 4 is 22.7 Å². The molecule has 0 spiro atoms. The SMILES string of the molecule is O[C@@H](COc1ccccc1F)CSc1ncnc2ccccc12. The summed E-state index contributed by atoms with van der Waals surface area (Å²) in [4.78, 5) is 8.45. The van der Waals surface area contributed by atoms with Crippen LogP contribution in [0.5, 0.6) is 5.75 Å². The van der Waals surface area contributed by atoms with Gasteiger partial charge in [-0.3, -0.25) is 0 Å². The van der Waals surface area contributed by atoms with Crippen molar-refractivity contribution in [3.05, 3.63) is 60.7 Å². The fraction of sp³-hybridized carbons (Fsp3) is 0.176. The second kappa shape index (κ2) is 7.39. The molecule has 0 bridgehead atoms. The Morgan fingerprint density at radius 1 is 1.09 bits per heavy atom. The molecule has 4 nitrogen and oxygen atoms in total. The van der Waals surface area contributed by atoms with E-state index < -0.39 is 11.9 Å². The summed E-state index contributed by atoms with van der Waals surface area (Å²) in [6, 6.07) is 13.8. The number of halogens is 1. The van der Waals surface area contributed by atoms with Gasteiger partial charge >= 0.3 is 0 Å². The van der Waals surface area contributed by atoms with Crippen molar-refractivity contribution in [3.63, 3.8) is 0 Å². The van der Waals surface area contributed by atoms with Crippen LogP contribution in [0.15, 0.2) is 59.9 Å². The summed E-state index contributed by atoms with van der Waals surface area (Å²) in [6.45, 7) is 0.0248. The Labute approximate surface area is 137 Å². The number of hydrogen-bond acceptors (Lipinski definition) is 5. The van der Waals surface area contributed by atoms with Gasteiger partial charge in [-0.25, -0.2) is 14.4 Å². The summed E-state index contributed by atoms with van der Waals surface area (Å²) in [5, 5.41) is 11.8. The Bertz CT molecular complexity index is 795. The molecule has 0 amide bonds. The zero-order valence-electron chi connectivity index (χ0n) is 12.2. The van der Waals surface area contributed by atoms with Gasteiger partial charge in [-0.15, -0.1) is 11.8 Å². The van der Waals surface area contributed by atoms with Gasteiger partial charge in [0, 0.05) is 11.1 Å². The van der Waals surface area contributed by atoms with Crippen LogP contribution in [-0.4, -0.2) is 33.5 Å². The number of aliphatic hydroxyl groups is 1. The van der Waals surface area contributed by atoms with Crippen LogP contribution in [0.3, 0.4) is 0 Å². The maximum absolute atomic E-state index is 13.4. The van der Waals surface area contributed by atoms with Crippen LogP contribution in [0, 0.1) is 5.82 Å². The molecule has 0 fully saturated rings. The Kier molecular flexibility index (Phi) is 5.05. The third-order valence-corrected chi connectivity index (χ3v) is 4.34. The van der Waals surface area contributed by atoms with E-state index in [-0.39, 0.29) is 12.4 Å². The minimum Gasteiger partial charge on any atom is -0.488 e. The number of ether oxygens (including phenoxy) is 1. The van der Waals surface area contributed by atoms with Crippen LogP contribution in [-0.2, 0) is 0 Å². The van der Waals surface area contributed by atoms with E-state index in [1.54, 1.807) is 12.1 Å². The average molecular weight is 330 g/mol. The summed E-state index contributed by atoms with van der Waals surface area (Å²) in [6.07, 6.45) is 0.778. The average Bonchev–Trinajstić information content (AvgIpc) is 2.59. The quantitative estimate of drug-likeness (QED) is 0.555. The number of benzene rings is 2. The Hall–Kier alpha value is -2.18. The fourth-order valence-corrected chi connectivity index (χ4v) is 2.96. The van der Waals surface area contributed by atoms with E-state index >= 15 is 0 Å². The molecule has 0 saturated heterocycles. The molecule has 1 atom stereocenters. The lowest BCUT2D eigenvalue weighted by Crippen LogP contribution is -2.20. The molecule has 1 heterocycles. The second-order valence-corrected chi connectivity index (χ2v) is 5.91. The number of aliphatic hydroxyl groups excluding tert-OH is 1. The van der Waals surface area contributed by atoms with Crippen LogP contribution in [0.25, 0.3) is 10.9 Å². The minimum atomic E-state index is -0.728. The first-order valence-electron chi connectivity index (χ1n) is 7.12. The van der Waals surface area contributed by atoms with E-state index in [0.29, 0.717) is 5.75 Å². The number of fused-ring (bicyclic) bond motifs is 1. The van der Waals surface area contributed by atoms with Crippen LogP contribution in [0.4, 0.5) is 4.39 Å². The van der Waals surface area contributed by atoms with Gasteiger partial charge in [-0.1, -0.05) is 30.3 Å². The van der Waals surface area contributed by atoms with Crippen molar-refractivity contribution < 1.29 is 14.2 Å². The first-order chi connectivity index (χ1) is 11.2. The molecule has 0 aliphatic carbocycles. The first kappa shape index (κ1) is 15.7. The molecule has 118 valence electrons. The number of para-hydroxylation sites is 2. The molecule has 0 unspecified atom stereocenters. The van der Waals surface area contributed by atoms with Crippen LogP contribution < -0.4 is 4.74 Å². The van der Waals surface area contributed by atoms with Crippen molar-refractivity contribution in [2.75, 3.05) is 12.4 Å². The highest BCUT2D eigenvalue weighted by Gasteiger charge is 2.11. The molecule has 3 aromatic rings. The molecule has 0 saturated carbocycles. The van der Waals surface area contributed by atoms with Crippen LogP contribution in [0.1, 0.15) is 0 Å². The third-order valence-electron chi connectivity index (χ3n) is 3.19. The molecule has 6 heteroatoms. The molecule has 2 aromatic carbocycles. The number of thioether (sulfide) groups is 1. The Balaban J connectivity index is 1.58. The van der Waals surface area contributed by atoms with E-state index in [9.17, 15) is 9.50 Å². The second-order valence-electron chi connectivity index (χ2n) is 4.90. The molecule has 0 radical (unpaired) electrons. The van der Waals surface area contributed by atoms with Gasteiger partial charge in [-0.2, -0.15) is 0 Å². The standard InChI is InChI=1S/C17H15FN2O2S/c18-14-6-2-4-8-16(14)22-9-12(21)10-23-17-13-5-1-3-7-15(13)19-11-20-17/h1-8,11-12,21H,9-10H2/t12-/m0/s1. The van der Waals surface area contributed by atoms with Gasteiger partial charge in [0.1, 0.15) is 18.0 Å². The third kappa shape index (κ3) is 3.97. The van der Waals surface area contributed by atoms with Crippen molar-refractivity contribution in [1.82, 2.24) is 9.97 Å². The van der Waals surface area contributed by atoms with Crippen molar-refractivity contribution in [2.45, 2.75) is 11.1 Å². The largest absolute Gasteiger partial charge is 0.488 e. The molecule has 1 aromatic heterocycles. The molecule has 0 aliphatic rings. The highest BCUT2D eigenvalue weighted by atomic mass is 32.2. The van der Waals surface area contributed by atoms with Gasteiger partial charge < -0.3 is 9.84 Å². The van der Waals surface area contributed by atoms with Gasteiger partial charge in [0.15, 0.2) is 11.6 Å². The van der Waals surface area contributed by atoms with Crippen LogP contribution >= 0.6 is 11.8 Å². The van der Waals surface area contributed by atoms with Crippen molar-refractivity contribution in [2.24, 2.45) is 0 Å². The topological polar surface area (TPSA) is 55.2 Å². The van der Waals surface area contributed by atoms with Gasteiger partial charge in [0.05, 0.1) is 11.6 Å². The number of rotatable bonds is 6. The Morgan fingerprint density at radius 3 is 2.74 bits per heavy atom. The maximum Gasteiger partial charge on any atom is 0.165 e. The van der Waals surface area contributed by atoms with Gasteiger partial charge in [0.2, 0.25) is 0 Å². The minimum absolute atomic E-state index is 0.0248. The van der Waals surface area contributed by atoms with E-state index in [1.165, 1.54) is 30.2 Å². The summed E-state index contributed by atoms with van der Waals surface area (Å²) in [7, 11) is 0. The lowest BCUT2D eigenvalue weighted by atomic mass is 10.2.